The Morgan fingerprint density at radius 2 is 2.10 bits per heavy atom. The fourth-order valence-corrected chi connectivity index (χ4v) is 3.44. The van der Waals surface area contributed by atoms with Gasteiger partial charge < -0.3 is 9.52 Å². The summed E-state index contributed by atoms with van der Waals surface area (Å²) in [4.78, 5) is 12.0. The molecule has 2 rings (SSSR count). The fraction of sp³-hybridized carbons (Fsp3) is 0.333. The molecule has 6 heteroatoms. The summed E-state index contributed by atoms with van der Waals surface area (Å²) >= 11 is 6.50. The summed E-state index contributed by atoms with van der Waals surface area (Å²) < 4.78 is 5.98. The highest BCUT2D eigenvalue weighted by Gasteiger charge is 2.19. The molecule has 0 bridgehead atoms. The second-order valence-electron chi connectivity index (χ2n) is 4.71. The van der Waals surface area contributed by atoms with Crippen LogP contribution in [0.15, 0.2) is 24.2 Å². The third kappa shape index (κ3) is 2.99. The zero-order valence-corrected chi connectivity index (χ0v) is 14.5. The Morgan fingerprint density at radius 3 is 2.71 bits per heavy atom. The molecule has 0 saturated carbocycles. The van der Waals surface area contributed by atoms with Crippen LogP contribution in [0.4, 0.5) is 0 Å². The van der Waals surface area contributed by atoms with Gasteiger partial charge in [-0.3, -0.25) is 0 Å². The van der Waals surface area contributed by atoms with Gasteiger partial charge in [-0.2, -0.15) is 5.26 Å². The van der Waals surface area contributed by atoms with Crippen LogP contribution in [-0.4, -0.2) is 5.11 Å². The lowest BCUT2D eigenvalue weighted by atomic mass is 9.99. The maximum atomic E-state index is 12.0. The molecule has 4 nitrogen and oxygen atoms in total. The lowest BCUT2D eigenvalue weighted by Gasteiger charge is -2.10. The maximum absolute atomic E-state index is 12.0. The van der Waals surface area contributed by atoms with Gasteiger partial charge in [0, 0.05) is 5.39 Å². The maximum Gasteiger partial charge on any atom is 0.354 e. The van der Waals surface area contributed by atoms with Crippen LogP contribution in [0.2, 0.25) is 0 Å². The lowest BCUT2D eigenvalue weighted by Crippen LogP contribution is -2.09. The molecule has 0 aliphatic carbocycles. The highest BCUT2D eigenvalue weighted by atomic mass is 79.9. The van der Waals surface area contributed by atoms with E-state index in [4.69, 9.17) is 4.42 Å². The molecule has 0 amide bonds. The van der Waals surface area contributed by atoms with Crippen LogP contribution in [0, 0.1) is 11.3 Å². The standard InChI is InChI=1S/C15H13Br2NO3/c1-2-3-4-5-8-9-6-11(16)13(19)12(17)14(9)21-15(20)10(8)7-18/h6,19H,2-5H2,1H3. The largest absolute Gasteiger partial charge is 0.505 e. The van der Waals surface area contributed by atoms with E-state index in [1.165, 1.54) is 0 Å². The van der Waals surface area contributed by atoms with Crippen molar-refractivity contribution in [3.05, 3.63) is 36.6 Å². The van der Waals surface area contributed by atoms with Crippen LogP contribution in [0.1, 0.15) is 37.3 Å². The summed E-state index contributed by atoms with van der Waals surface area (Å²) in [5.41, 5.74) is 0.326. The van der Waals surface area contributed by atoms with E-state index in [0.29, 0.717) is 26.3 Å². The van der Waals surface area contributed by atoms with Crippen molar-refractivity contribution in [2.75, 3.05) is 0 Å². The molecule has 0 saturated heterocycles. The van der Waals surface area contributed by atoms with Crippen LogP contribution in [0.25, 0.3) is 11.0 Å². The molecule has 1 N–H and O–H groups in total. The molecule has 0 aliphatic heterocycles. The second kappa shape index (κ2) is 6.63. The predicted octanol–water partition coefficient (Wildman–Crippen LogP) is 4.63. The van der Waals surface area contributed by atoms with Gasteiger partial charge in [0.1, 0.15) is 21.9 Å². The number of phenolic OH excluding ortho intramolecular Hbond substituents is 1. The number of hydrogen-bond donors (Lipinski definition) is 1. The highest BCUT2D eigenvalue weighted by Crippen LogP contribution is 2.39. The van der Waals surface area contributed by atoms with Crippen LogP contribution >= 0.6 is 31.9 Å². The molecule has 110 valence electrons. The highest BCUT2D eigenvalue weighted by molar-refractivity contribution is 9.11. The first-order valence-corrected chi connectivity index (χ1v) is 8.16. The van der Waals surface area contributed by atoms with Gasteiger partial charge in [-0.15, -0.1) is 0 Å². The molecule has 0 spiro atoms. The Balaban J connectivity index is 2.78. The second-order valence-corrected chi connectivity index (χ2v) is 6.36. The minimum Gasteiger partial charge on any atom is -0.505 e. The summed E-state index contributed by atoms with van der Waals surface area (Å²) in [5.74, 6) is -0.0325. The summed E-state index contributed by atoms with van der Waals surface area (Å²) in [7, 11) is 0. The zero-order chi connectivity index (χ0) is 15.6. The Kier molecular flexibility index (Phi) is 5.07. The van der Waals surface area contributed by atoms with Gasteiger partial charge in [0.2, 0.25) is 0 Å². The molecule has 0 atom stereocenters. The van der Waals surface area contributed by atoms with E-state index in [9.17, 15) is 15.2 Å². The molecule has 0 unspecified atom stereocenters. The van der Waals surface area contributed by atoms with E-state index < -0.39 is 5.63 Å². The number of nitrogens with zero attached hydrogens (tertiary/aromatic N) is 1. The Labute approximate surface area is 138 Å². The minimum atomic E-state index is -0.668. The minimum absolute atomic E-state index is 0.0325. The quantitative estimate of drug-likeness (QED) is 0.584. The molecule has 2 aromatic rings. The number of halogens is 2. The number of aryl methyl sites for hydroxylation is 1. The normalized spacial score (nSPS) is 10.8. The average molecular weight is 415 g/mol. The van der Waals surface area contributed by atoms with E-state index >= 15 is 0 Å². The predicted molar refractivity (Wildman–Crippen MR) is 87.5 cm³/mol. The number of nitriles is 1. The van der Waals surface area contributed by atoms with Crippen LogP contribution in [0.3, 0.4) is 0 Å². The fourth-order valence-electron chi connectivity index (χ4n) is 2.24. The van der Waals surface area contributed by atoms with Gasteiger partial charge in [-0.25, -0.2) is 4.79 Å². The molecule has 1 aromatic heterocycles. The van der Waals surface area contributed by atoms with E-state index in [2.05, 4.69) is 38.8 Å². The molecule has 0 fully saturated rings. The number of hydrogen-bond acceptors (Lipinski definition) is 4. The van der Waals surface area contributed by atoms with Gasteiger partial charge in [-0.1, -0.05) is 19.8 Å². The van der Waals surface area contributed by atoms with Gasteiger partial charge >= 0.3 is 5.63 Å². The molecule has 21 heavy (non-hydrogen) atoms. The third-order valence-corrected chi connectivity index (χ3v) is 4.66. The van der Waals surface area contributed by atoms with Crippen LogP contribution < -0.4 is 5.63 Å². The lowest BCUT2D eigenvalue weighted by molar-refractivity contribution is 0.465. The van der Waals surface area contributed by atoms with Crippen LogP contribution in [-0.2, 0) is 6.42 Å². The first-order chi connectivity index (χ1) is 10.0. The number of benzene rings is 1. The monoisotopic (exact) mass is 413 g/mol. The smallest absolute Gasteiger partial charge is 0.354 e. The van der Waals surface area contributed by atoms with Crippen molar-refractivity contribution in [2.24, 2.45) is 0 Å². The van der Waals surface area contributed by atoms with Crippen molar-refractivity contribution >= 4 is 42.8 Å². The van der Waals surface area contributed by atoms with Gasteiger partial charge in [0.25, 0.3) is 0 Å². The summed E-state index contributed by atoms with van der Waals surface area (Å²) in [6.07, 6.45) is 3.59. The Morgan fingerprint density at radius 1 is 1.38 bits per heavy atom. The number of fused-ring (bicyclic) bond motifs is 1. The molecule has 1 heterocycles. The number of aromatic hydroxyl groups is 1. The van der Waals surface area contributed by atoms with Crippen molar-refractivity contribution in [1.82, 2.24) is 0 Å². The van der Waals surface area contributed by atoms with Crippen molar-refractivity contribution in [3.63, 3.8) is 0 Å². The SMILES string of the molecule is CCCCCc1c(C#N)c(=O)oc2c(Br)c(O)c(Br)cc12. The molecular weight excluding hydrogens is 402 g/mol. The number of unbranched alkanes of at least 4 members (excludes halogenated alkanes) is 2. The topological polar surface area (TPSA) is 74.2 Å². The van der Waals surface area contributed by atoms with Gasteiger partial charge in [-0.05, 0) is 56.3 Å². The average Bonchev–Trinajstić information content (AvgIpc) is 2.46. The van der Waals surface area contributed by atoms with Gasteiger partial charge in [0.05, 0.1) is 4.47 Å². The molecule has 0 radical (unpaired) electrons. The van der Waals surface area contributed by atoms with Crippen molar-refractivity contribution in [1.29, 1.82) is 5.26 Å². The van der Waals surface area contributed by atoms with Crippen molar-refractivity contribution < 1.29 is 9.52 Å². The molecule has 1 aromatic carbocycles. The molecular formula is C15H13Br2NO3. The summed E-state index contributed by atoms with van der Waals surface area (Å²) in [6.45, 7) is 2.09. The van der Waals surface area contributed by atoms with Crippen LogP contribution in [0.5, 0.6) is 5.75 Å². The Bertz CT molecular complexity index is 790. The first kappa shape index (κ1) is 16.1. The van der Waals surface area contributed by atoms with Gasteiger partial charge in [0.15, 0.2) is 5.58 Å². The van der Waals surface area contributed by atoms with E-state index in [0.717, 1.165) is 19.3 Å². The molecule has 0 aliphatic rings. The summed E-state index contributed by atoms with van der Waals surface area (Å²) in [6, 6.07) is 3.62. The van der Waals surface area contributed by atoms with Crippen molar-refractivity contribution in [3.8, 4) is 11.8 Å². The van der Waals surface area contributed by atoms with E-state index in [-0.39, 0.29) is 16.9 Å². The third-order valence-electron chi connectivity index (χ3n) is 3.32. The van der Waals surface area contributed by atoms with E-state index in [1.54, 1.807) is 6.07 Å². The zero-order valence-electron chi connectivity index (χ0n) is 11.4. The van der Waals surface area contributed by atoms with E-state index in [1.807, 2.05) is 6.07 Å². The first-order valence-electron chi connectivity index (χ1n) is 6.58. The number of phenols is 1. The van der Waals surface area contributed by atoms with Crippen molar-refractivity contribution in [2.45, 2.75) is 32.6 Å². The Hall–Kier alpha value is -1.32. The number of rotatable bonds is 4. The summed E-state index contributed by atoms with van der Waals surface area (Å²) in [5, 5.41) is 19.8.